The number of aromatic nitrogens is 3. The molecule has 5 rings (SSSR count). The molecule has 0 radical (unpaired) electrons. The maximum atomic E-state index is 11.3. The van der Waals surface area contributed by atoms with Gasteiger partial charge >= 0.3 is 5.76 Å². The number of benzene rings is 1. The lowest BCUT2D eigenvalue weighted by Crippen LogP contribution is -2.49. The topological polar surface area (TPSA) is 99.1 Å². The zero-order valence-electron chi connectivity index (χ0n) is 16.7. The zero-order chi connectivity index (χ0) is 20.5. The van der Waals surface area contributed by atoms with Gasteiger partial charge in [0, 0.05) is 18.3 Å². The molecule has 0 amide bonds. The Labute approximate surface area is 179 Å². The van der Waals surface area contributed by atoms with Crippen molar-refractivity contribution in [2.75, 3.05) is 30.3 Å². The van der Waals surface area contributed by atoms with Crippen LogP contribution in [0.4, 0.5) is 17.5 Å². The van der Waals surface area contributed by atoms with E-state index in [1.54, 1.807) is 18.3 Å². The number of piperidine rings is 2. The second kappa shape index (κ2) is 8.28. The third kappa shape index (κ3) is 4.02. The van der Waals surface area contributed by atoms with Gasteiger partial charge in [-0.25, -0.2) is 9.78 Å². The summed E-state index contributed by atoms with van der Waals surface area (Å²) in [5, 5.41) is 7.13. The van der Waals surface area contributed by atoms with Crippen LogP contribution in [0.3, 0.4) is 0 Å². The first-order valence-corrected chi connectivity index (χ1v) is 10.9. The first-order chi connectivity index (χ1) is 14.7. The molecule has 2 aliphatic heterocycles. The molecule has 3 N–H and O–H groups in total. The molecule has 2 atom stereocenters. The number of aromatic amines is 1. The molecule has 0 aliphatic carbocycles. The average Bonchev–Trinajstić information content (AvgIpc) is 3.13. The van der Waals surface area contributed by atoms with E-state index in [1.807, 2.05) is 6.07 Å². The Hall–Kier alpha value is -2.58. The standard InChI is InChI=1S/C21H25ClN6O2/c22-15-12-24-20(25-14-6-7-18-16(10-14)26-21(29)30-18)27-19(15)23-11-13-4-3-9-28-8-2-1-5-17(13)28/h6-7,10,12-13,17H,1-5,8-9,11H2,(H,26,29)(H2,23,24,25,27)/t13-,17+/m0/s1. The Balaban J connectivity index is 1.28. The highest BCUT2D eigenvalue weighted by atomic mass is 35.5. The predicted octanol–water partition coefficient (Wildman–Crippen LogP) is 3.98. The lowest BCUT2D eigenvalue weighted by molar-refractivity contribution is 0.0649. The number of hydrogen-bond donors (Lipinski definition) is 3. The first kappa shape index (κ1) is 19.4. The monoisotopic (exact) mass is 428 g/mol. The van der Waals surface area contributed by atoms with E-state index in [2.05, 4.69) is 30.5 Å². The lowest BCUT2D eigenvalue weighted by Gasteiger charge is -2.44. The normalized spacial score (nSPS) is 22.0. The predicted molar refractivity (Wildman–Crippen MR) is 118 cm³/mol. The fourth-order valence-corrected chi connectivity index (χ4v) is 4.91. The molecule has 0 unspecified atom stereocenters. The summed E-state index contributed by atoms with van der Waals surface area (Å²) >= 11 is 6.36. The van der Waals surface area contributed by atoms with Crippen LogP contribution < -0.4 is 16.4 Å². The summed E-state index contributed by atoms with van der Waals surface area (Å²) in [6, 6.07) is 5.99. The molecule has 2 aliphatic rings. The van der Waals surface area contributed by atoms with Crippen LogP contribution >= 0.6 is 11.6 Å². The smallest absolute Gasteiger partial charge is 0.408 e. The number of nitrogens with zero attached hydrogens (tertiary/aromatic N) is 3. The van der Waals surface area contributed by atoms with Crippen molar-refractivity contribution >= 4 is 40.2 Å². The molecule has 0 bridgehead atoms. The van der Waals surface area contributed by atoms with E-state index in [4.69, 9.17) is 16.0 Å². The fourth-order valence-electron chi connectivity index (χ4n) is 4.75. The summed E-state index contributed by atoms with van der Waals surface area (Å²) < 4.78 is 5.03. The molecular weight excluding hydrogens is 404 g/mol. The van der Waals surface area contributed by atoms with Gasteiger partial charge in [0.25, 0.3) is 0 Å². The fraction of sp³-hybridized carbons (Fsp3) is 0.476. The van der Waals surface area contributed by atoms with Gasteiger partial charge in [-0.15, -0.1) is 0 Å². The van der Waals surface area contributed by atoms with E-state index in [-0.39, 0.29) is 0 Å². The summed E-state index contributed by atoms with van der Waals surface area (Å²) in [5.74, 6) is 1.22. The molecule has 4 heterocycles. The van der Waals surface area contributed by atoms with Gasteiger partial charge in [-0.2, -0.15) is 4.98 Å². The number of oxazole rings is 1. The van der Waals surface area contributed by atoms with Crippen molar-refractivity contribution in [1.29, 1.82) is 0 Å². The Morgan fingerprint density at radius 3 is 3.07 bits per heavy atom. The maximum absolute atomic E-state index is 11.3. The molecule has 8 nitrogen and oxygen atoms in total. The van der Waals surface area contributed by atoms with Crippen molar-refractivity contribution in [3.63, 3.8) is 0 Å². The maximum Gasteiger partial charge on any atom is 0.417 e. The molecule has 0 saturated carbocycles. The summed E-state index contributed by atoms with van der Waals surface area (Å²) in [5.41, 5.74) is 1.87. The molecule has 1 aromatic carbocycles. The molecule has 3 aromatic rings. The molecule has 2 fully saturated rings. The van der Waals surface area contributed by atoms with Crippen molar-refractivity contribution < 1.29 is 4.42 Å². The van der Waals surface area contributed by atoms with E-state index in [9.17, 15) is 4.79 Å². The third-order valence-corrected chi connectivity index (χ3v) is 6.46. The average molecular weight is 429 g/mol. The van der Waals surface area contributed by atoms with Crippen LogP contribution in [-0.4, -0.2) is 45.5 Å². The van der Waals surface area contributed by atoms with Crippen LogP contribution in [0.15, 0.2) is 33.6 Å². The first-order valence-electron chi connectivity index (χ1n) is 10.6. The number of H-pyrrole nitrogens is 1. The molecule has 0 spiro atoms. The highest BCUT2D eigenvalue weighted by Crippen LogP contribution is 2.31. The summed E-state index contributed by atoms with van der Waals surface area (Å²) in [7, 11) is 0. The number of anilines is 3. The van der Waals surface area contributed by atoms with Crippen LogP contribution in [0.1, 0.15) is 32.1 Å². The molecular formula is C21H25ClN6O2. The van der Waals surface area contributed by atoms with Gasteiger partial charge in [0.05, 0.1) is 11.7 Å². The van der Waals surface area contributed by atoms with E-state index in [1.165, 1.54) is 45.2 Å². The summed E-state index contributed by atoms with van der Waals surface area (Å²) in [4.78, 5) is 25.5. The highest BCUT2D eigenvalue weighted by Gasteiger charge is 2.32. The van der Waals surface area contributed by atoms with Crippen molar-refractivity contribution in [2.45, 2.75) is 38.1 Å². The Bertz CT molecular complexity index is 1090. The Morgan fingerprint density at radius 2 is 2.13 bits per heavy atom. The Kier molecular flexibility index (Phi) is 5.35. The van der Waals surface area contributed by atoms with Crippen molar-refractivity contribution in [3.8, 4) is 0 Å². The molecule has 158 valence electrons. The van der Waals surface area contributed by atoms with Gasteiger partial charge < -0.3 is 20.0 Å². The van der Waals surface area contributed by atoms with E-state index in [0.717, 1.165) is 12.2 Å². The minimum absolute atomic E-state index is 0.440. The van der Waals surface area contributed by atoms with Crippen LogP contribution in [0.25, 0.3) is 11.1 Å². The van der Waals surface area contributed by atoms with Gasteiger partial charge in [0.15, 0.2) is 11.4 Å². The number of nitrogens with one attached hydrogen (secondary N) is 3. The lowest BCUT2D eigenvalue weighted by atomic mass is 9.83. The number of rotatable bonds is 5. The van der Waals surface area contributed by atoms with Gasteiger partial charge in [-0.3, -0.25) is 4.98 Å². The van der Waals surface area contributed by atoms with Crippen LogP contribution in [0.5, 0.6) is 0 Å². The highest BCUT2D eigenvalue weighted by molar-refractivity contribution is 6.32. The Morgan fingerprint density at radius 1 is 1.23 bits per heavy atom. The number of fused-ring (bicyclic) bond motifs is 2. The van der Waals surface area contributed by atoms with Crippen LogP contribution in [0, 0.1) is 5.92 Å². The SMILES string of the molecule is O=c1[nH]c2cc(Nc3ncc(Cl)c(NC[C@@H]4CCCN5CCCC[C@H]45)n3)ccc2o1. The third-order valence-electron chi connectivity index (χ3n) is 6.18. The minimum Gasteiger partial charge on any atom is -0.408 e. The zero-order valence-corrected chi connectivity index (χ0v) is 17.4. The van der Waals surface area contributed by atoms with Gasteiger partial charge in [-0.1, -0.05) is 18.0 Å². The second-order valence-corrected chi connectivity index (χ2v) is 8.53. The summed E-state index contributed by atoms with van der Waals surface area (Å²) in [6.07, 6.45) is 8.03. The van der Waals surface area contributed by atoms with Crippen molar-refractivity contribution in [2.24, 2.45) is 5.92 Å². The van der Waals surface area contributed by atoms with Crippen molar-refractivity contribution in [3.05, 3.63) is 40.0 Å². The van der Waals surface area contributed by atoms with Crippen molar-refractivity contribution in [1.82, 2.24) is 19.9 Å². The molecule has 2 aromatic heterocycles. The van der Waals surface area contributed by atoms with Gasteiger partial charge in [-0.05, 0) is 62.9 Å². The second-order valence-electron chi connectivity index (χ2n) is 8.12. The number of halogens is 1. The van der Waals surface area contributed by atoms with Crippen LogP contribution in [-0.2, 0) is 0 Å². The van der Waals surface area contributed by atoms with E-state index >= 15 is 0 Å². The van der Waals surface area contributed by atoms with Crippen LogP contribution in [0.2, 0.25) is 5.02 Å². The van der Waals surface area contributed by atoms with E-state index < -0.39 is 5.76 Å². The number of hydrogen-bond acceptors (Lipinski definition) is 7. The molecule has 2 saturated heterocycles. The molecule has 30 heavy (non-hydrogen) atoms. The van der Waals surface area contributed by atoms with E-state index in [0.29, 0.717) is 39.8 Å². The minimum atomic E-state index is -0.476. The van der Waals surface area contributed by atoms with Gasteiger partial charge in [0.1, 0.15) is 5.02 Å². The quantitative estimate of drug-likeness (QED) is 0.565. The van der Waals surface area contributed by atoms with Gasteiger partial charge in [0.2, 0.25) is 5.95 Å². The largest absolute Gasteiger partial charge is 0.417 e. The molecule has 9 heteroatoms. The summed E-state index contributed by atoms with van der Waals surface area (Å²) in [6.45, 7) is 3.32.